The predicted octanol–water partition coefficient (Wildman–Crippen LogP) is 2.62. The smallest absolute Gasteiger partial charge is 0.116 e. The third-order valence-corrected chi connectivity index (χ3v) is 1.64. The van der Waals surface area contributed by atoms with E-state index < -0.39 is 6.04 Å². The average molecular weight is 170 g/mol. The van der Waals surface area contributed by atoms with Crippen molar-refractivity contribution >= 4 is 0 Å². The van der Waals surface area contributed by atoms with E-state index in [0.29, 0.717) is 0 Å². The summed E-state index contributed by atoms with van der Waals surface area (Å²) in [6.07, 6.45) is 1.63. The SMILES string of the molecule is CCCC(N=N)C(CN=N)N=N. The molecule has 0 amide bonds. The van der Waals surface area contributed by atoms with Crippen LogP contribution in [0.3, 0.4) is 0 Å². The largest absolute Gasteiger partial charge is 0.210 e. The summed E-state index contributed by atoms with van der Waals surface area (Å²) in [6, 6.07) is -0.693. The molecule has 0 saturated heterocycles. The maximum Gasteiger partial charge on any atom is 0.116 e. The zero-order chi connectivity index (χ0) is 9.40. The van der Waals surface area contributed by atoms with E-state index in [1.54, 1.807) is 0 Å². The van der Waals surface area contributed by atoms with Gasteiger partial charge in [0.05, 0.1) is 12.6 Å². The number of hydrogen-bond donors (Lipinski definition) is 3. The van der Waals surface area contributed by atoms with Crippen LogP contribution in [0.2, 0.25) is 0 Å². The van der Waals surface area contributed by atoms with Crippen LogP contribution < -0.4 is 0 Å². The summed E-state index contributed by atoms with van der Waals surface area (Å²) in [6.45, 7) is 2.15. The summed E-state index contributed by atoms with van der Waals surface area (Å²) in [5.41, 5.74) is 20.3. The van der Waals surface area contributed by atoms with E-state index in [1.807, 2.05) is 6.92 Å². The average Bonchev–Trinajstić information content (AvgIpc) is 2.11. The van der Waals surface area contributed by atoms with Gasteiger partial charge in [0.25, 0.3) is 0 Å². The Bertz CT molecular complexity index is 156. The summed E-state index contributed by atoms with van der Waals surface area (Å²) >= 11 is 0. The van der Waals surface area contributed by atoms with Crippen molar-refractivity contribution in [1.29, 1.82) is 16.6 Å². The van der Waals surface area contributed by atoms with Gasteiger partial charge in [-0.05, 0) is 6.42 Å². The van der Waals surface area contributed by atoms with Gasteiger partial charge in [0, 0.05) is 0 Å². The zero-order valence-electron chi connectivity index (χ0n) is 7.12. The third kappa shape index (κ3) is 3.27. The molecule has 0 aliphatic heterocycles. The quantitative estimate of drug-likeness (QED) is 0.488. The van der Waals surface area contributed by atoms with E-state index >= 15 is 0 Å². The third-order valence-electron chi connectivity index (χ3n) is 1.64. The van der Waals surface area contributed by atoms with Crippen LogP contribution in [0.25, 0.3) is 0 Å². The molecule has 2 unspecified atom stereocenters. The van der Waals surface area contributed by atoms with Gasteiger partial charge in [-0.2, -0.15) is 15.3 Å². The van der Waals surface area contributed by atoms with Crippen molar-refractivity contribution in [1.82, 2.24) is 0 Å². The minimum Gasteiger partial charge on any atom is -0.210 e. The molecule has 3 N–H and O–H groups in total. The second-order valence-electron chi connectivity index (χ2n) is 2.52. The molecular weight excluding hydrogens is 156 g/mol. The van der Waals surface area contributed by atoms with Crippen molar-refractivity contribution in [2.75, 3.05) is 6.54 Å². The summed E-state index contributed by atoms with van der Waals surface area (Å²) in [4.78, 5) is 0. The summed E-state index contributed by atoms with van der Waals surface area (Å²) in [7, 11) is 0. The molecule has 6 nitrogen and oxygen atoms in total. The molecule has 0 aliphatic carbocycles. The van der Waals surface area contributed by atoms with Crippen molar-refractivity contribution in [2.24, 2.45) is 15.3 Å². The first kappa shape index (κ1) is 10.8. The molecule has 0 rings (SSSR count). The monoisotopic (exact) mass is 170 g/mol. The molecule has 0 aromatic carbocycles. The van der Waals surface area contributed by atoms with E-state index in [9.17, 15) is 0 Å². The first-order valence-corrected chi connectivity index (χ1v) is 3.86. The van der Waals surface area contributed by atoms with Crippen molar-refractivity contribution in [3.8, 4) is 0 Å². The highest BCUT2D eigenvalue weighted by atomic mass is 15.1. The Morgan fingerprint density at radius 3 is 2.00 bits per heavy atom. The van der Waals surface area contributed by atoms with Crippen LogP contribution >= 0.6 is 0 Å². The lowest BCUT2D eigenvalue weighted by atomic mass is 10.1. The Balaban J connectivity index is 4.10. The Morgan fingerprint density at radius 2 is 1.67 bits per heavy atom. The van der Waals surface area contributed by atoms with Crippen molar-refractivity contribution in [3.63, 3.8) is 0 Å². The van der Waals surface area contributed by atoms with Crippen molar-refractivity contribution < 1.29 is 0 Å². The van der Waals surface area contributed by atoms with Gasteiger partial charge < -0.3 is 0 Å². The van der Waals surface area contributed by atoms with Gasteiger partial charge in [-0.1, -0.05) is 13.3 Å². The van der Waals surface area contributed by atoms with Crippen LogP contribution in [0, 0.1) is 16.6 Å². The minimum absolute atomic E-state index is 0.163. The zero-order valence-corrected chi connectivity index (χ0v) is 7.12. The number of rotatable bonds is 7. The summed E-state index contributed by atoms with van der Waals surface area (Å²) < 4.78 is 0. The molecule has 0 heterocycles. The second-order valence-corrected chi connectivity index (χ2v) is 2.52. The molecular formula is C6H14N6. The molecule has 0 aromatic heterocycles. The Labute approximate surface area is 71.3 Å². The number of nitrogens with one attached hydrogen (secondary N) is 3. The van der Waals surface area contributed by atoms with Crippen LogP contribution in [-0.4, -0.2) is 18.6 Å². The molecule has 0 bridgehead atoms. The Morgan fingerprint density at radius 1 is 1.08 bits per heavy atom. The van der Waals surface area contributed by atoms with Gasteiger partial charge in [0.2, 0.25) is 0 Å². The maximum absolute atomic E-state index is 6.85. The normalized spacial score (nSPS) is 14.8. The first-order valence-electron chi connectivity index (χ1n) is 3.86. The van der Waals surface area contributed by atoms with E-state index in [-0.39, 0.29) is 12.6 Å². The molecule has 6 heteroatoms. The van der Waals surface area contributed by atoms with E-state index in [4.69, 9.17) is 16.6 Å². The number of hydrogen-bond acceptors (Lipinski definition) is 6. The molecule has 2 atom stereocenters. The van der Waals surface area contributed by atoms with Crippen molar-refractivity contribution in [3.05, 3.63) is 0 Å². The lowest BCUT2D eigenvalue weighted by Crippen LogP contribution is -2.24. The molecule has 0 fully saturated rings. The first-order chi connectivity index (χ1) is 5.79. The maximum atomic E-state index is 6.85. The van der Waals surface area contributed by atoms with E-state index in [1.165, 1.54) is 0 Å². The summed E-state index contributed by atoms with van der Waals surface area (Å²) in [5, 5.41) is 9.80. The molecule has 0 spiro atoms. The fourth-order valence-electron chi connectivity index (χ4n) is 0.981. The topological polar surface area (TPSA) is 109 Å². The number of nitrogens with zero attached hydrogens (tertiary/aromatic N) is 3. The molecule has 68 valence electrons. The lowest BCUT2D eigenvalue weighted by molar-refractivity contribution is 0.452. The molecule has 0 saturated carbocycles. The van der Waals surface area contributed by atoms with Crippen LogP contribution in [0.15, 0.2) is 15.3 Å². The van der Waals surface area contributed by atoms with Crippen LogP contribution in [0.1, 0.15) is 19.8 Å². The van der Waals surface area contributed by atoms with Gasteiger partial charge in [0.15, 0.2) is 0 Å². The van der Waals surface area contributed by atoms with Gasteiger partial charge in [-0.15, -0.1) is 0 Å². The van der Waals surface area contributed by atoms with E-state index in [0.717, 1.165) is 12.8 Å². The van der Waals surface area contributed by atoms with Gasteiger partial charge in [0.1, 0.15) is 6.04 Å². The predicted molar refractivity (Wildman–Crippen MR) is 42.8 cm³/mol. The van der Waals surface area contributed by atoms with Crippen LogP contribution in [0.5, 0.6) is 0 Å². The molecule has 0 radical (unpaired) electrons. The standard InChI is InChI=1S/C6H14N6/c1-2-3-5(11-8)6(12-9)4-10-7/h5-9H,2-4H2,1H3. The highest BCUT2D eigenvalue weighted by molar-refractivity contribution is 4.79. The second kappa shape index (κ2) is 6.51. The van der Waals surface area contributed by atoms with Gasteiger partial charge >= 0.3 is 0 Å². The van der Waals surface area contributed by atoms with Crippen LogP contribution in [0.4, 0.5) is 0 Å². The lowest BCUT2D eigenvalue weighted by Gasteiger charge is -2.13. The Hall–Kier alpha value is -1.20. The van der Waals surface area contributed by atoms with Gasteiger partial charge in [-0.3, -0.25) is 0 Å². The fourth-order valence-corrected chi connectivity index (χ4v) is 0.981. The highest BCUT2D eigenvalue weighted by Crippen LogP contribution is 2.10. The van der Waals surface area contributed by atoms with Crippen LogP contribution in [-0.2, 0) is 0 Å². The highest BCUT2D eigenvalue weighted by Gasteiger charge is 2.18. The molecule has 0 aromatic rings. The summed E-state index contributed by atoms with van der Waals surface area (Å²) in [5.74, 6) is 0. The Kier molecular flexibility index (Phi) is 5.86. The van der Waals surface area contributed by atoms with E-state index in [2.05, 4.69) is 15.3 Å². The van der Waals surface area contributed by atoms with Crippen molar-refractivity contribution in [2.45, 2.75) is 31.8 Å². The molecule has 0 aliphatic rings. The fraction of sp³-hybridized carbons (Fsp3) is 1.00. The minimum atomic E-state index is -0.417. The molecule has 12 heavy (non-hydrogen) atoms. The van der Waals surface area contributed by atoms with Gasteiger partial charge in [-0.25, -0.2) is 16.6 Å².